The number of aryl methyl sites for hydroxylation is 1. The number of Topliss-reactive ketones (excluding diaryl/α,β-unsaturated/α-hetero) is 1. The van der Waals surface area contributed by atoms with Crippen LogP contribution >= 0.6 is 0 Å². The number of ether oxygens (including phenoxy) is 3. The van der Waals surface area contributed by atoms with Crippen molar-refractivity contribution < 1.29 is 23.8 Å². The van der Waals surface area contributed by atoms with Gasteiger partial charge in [0.2, 0.25) is 5.78 Å². The fourth-order valence-corrected chi connectivity index (χ4v) is 3.17. The van der Waals surface area contributed by atoms with E-state index in [-0.39, 0.29) is 11.8 Å². The molecule has 0 N–H and O–H groups in total. The number of rotatable bonds is 5. The normalized spacial score (nSPS) is 13.7. The van der Waals surface area contributed by atoms with E-state index in [4.69, 9.17) is 14.2 Å². The van der Waals surface area contributed by atoms with Crippen molar-refractivity contribution in [1.29, 1.82) is 0 Å². The number of hydrogen-bond acceptors (Lipinski definition) is 5. The Balaban J connectivity index is 1.46. The molecule has 0 bridgehead atoms. The Morgan fingerprint density at radius 3 is 2.53 bits per heavy atom. The molecule has 30 heavy (non-hydrogen) atoms. The zero-order valence-corrected chi connectivity index (χ0v) is 16.7. The molecule has 0 radical (unpaired) electrons. The van der Waals surface area contributed by atoms with Gasteiger partial charge in [0.25, 0.3) is 0 Å². The van der Waals surface area contributed by atoms with Gasteiger partial charge in [0.15, 0.2) is 5.76 Å². The fraction of sp³-hybridized carbons (Fsp3) is 0.120. The predicted molar refractivity (Wildman–Crippen MR) is 113 cm³/mol. The molecule has 0 fully saturated rings. The van der Waals surface area contributed by atoms with Crippen molar-refractivity contribution in [3.63, 3.8) is 0 Å². The van der Waals surface area contributed by atoms with Crippen LogP contribution in [-0.4, -0.2) is 18.9 Å². The molecule has 0 atom stereocenters. The molecule has 0 unspecified atom stereocenters. The van der Waals surface area contributed by atoms with Gasteiger partial charge in [-0.2, -0.15) is 0 Å². The Hall–Kier alpha value is -3.86. The maximum atomic E-state index is 12.6. The Morgan fingerprint density at radius 1 is 1.03 bits per heavy atom. The highest BCUT2D eigenvalue weighted by Crippen LogP contribution is 2.35. The summed E-state index contributed by atoms with van der Waals surface area (Å²) in [5, 5.41) is 0. The molecule has 3 aromatic rings. The number of esters is 1. The van der Waals surface area contributed by atoms with Crippen LogP contribution < -0.4 is 9.47 Å². The van der Waals surface area contributed by atoms with Crippen LogP contribution in [0.3, 0.4) is 0 Å². The molecular formula is C25H20O5. The van der Waals surface area contributed by atoms with Crippen LogP contribution in [-0.2, 0) is 11.3 Å². The molecule has 0 aromatic heterocycles. The second-order valence-electron chi connectivity index (χ2n) is 6.93. The molecule has 0 saturated carbocycles. The highest BCUT2D eigenvalue weighted by atomic mass is 16.5. The molecule has 4 rings (SSSR count). The molecule has 0 aliphatic carbocycles. The molecule has 1 aliphatic rings. The average Bonchev–Trinajstić information content (AvgIpc) is 3.08. The van der Waals surface area contributed by atoms with E-state index in [0.29, 0.717) is 35.0 Å². The SMILES string of the molecule is COC(=O)c1ccc(COc2ccc3c(c2)O/C(=C/c2ccccc2C)C3=O)cc1. The minimum Gasteiger partial charge on any atom is -0.489 e. The number of hydrogen-bond donors (Lipinski definition) is 0. The highest BCUT2D eigenvalue weighted by Gasteiger charge is 2.27. The number of allylic oxidation sites excluding steroid dienone is 1. The van der Waals surface area contributed by atoms with Gasteiger partial charge in [-0.05, 0) is 54.0 Å². The van der Waals surface area contributed by atoms with Crippen molar-refractivity contribution in [3.05, 3.63) is 100 Å². The van der Waals surface area contributed by atoms with Gasteiger partial charge in [-0.15, -0.1) is 0 Å². The molecule has 0 saturated heterocycles. The van der Waals surface area contributed by atoms with Gasteiger partial charge in [-0.25, -0.2) is 4.79 Å². The smallest absolute Gasteiger partial charge is 0.337 e. The number of ketones is 1. The van der Waals surface area contributed by atoms with Gasteiger partial charge in [0.05, 0.1) is 18.2 Å². The lowest BCUT2D eigenvalue weighted by Crippen LogP contribution is -2.02. The maximum Gasteiger partial charge on any atom is 0.337 e. The standard InChI is InChI=1S/C25H20O5/c1-16-5-3-4-6-19(16)13-23-24(26)21-12-11-20(14-22(21)30-23)29-15-17-7-9-18(10-8-17)25(27)28-2/h3-14H,15H2,1-2H3/b23-13+. The van der Waals surface area contributed by atoms with Crippen LogP contribution in [0.2, 0.25) is 0 Å². The highest BCUT2D eigenvalue weighted by molar-refractivity contribution is 6.14. The molecule has 3 aromatic carbocycles. The first-order chi connectivity index (χ1) is 14.5. The summed E-state index contributed by atoms with van der Waals surface area (Å²) in [6.45, 7) is 2.31. The van der Waals surface area contributed by atoms with Gasteiger partial charge in [-0.3, -0.25) is 4.79 Å². The van der Waals surface area contributed by atoms with Crippen LogP contribution in [0, 0.1) is 6.92 Å². The first-order valence-corrected chi connectivity index (χ1v) is 9.49. The summed E-state index contributed by atoms with van der Waals surface area (Å²) in [7, 11) is 1.35. The third kappa shape index (κ3) is 3.96. The van der Waals surface area contributed by atoms with Gasteiger partial charge in [0.1, 0.15) is 18.1 Å². The first-order valence-electron chi connectivity index (χ1n) is 9.49. The van der Waals surface area contributed by atoms with Crippen LogP contribution in [0.1, 0.15) is 37.4 Å². The molecule has 5 nitrogen and oxygen atoms in total. The van der Waals surface area contributed by atoms with Crippen LogP contribution in [0.4, 0.5) is 0 Å². The van der Waals surface area contributed by atoms with Crippen molar-refractivity contribution in [1.82, 2.24) is 0 Å². The summed E-state index contributed by atoms with van der Waals surface area (Å²) in [6, 6.07) is 20.0. The Morgan fingerprint density at radius 2 is 1.80 bits per heavy atom. The number of fused-ring (bicyclic) bond motifs is 1. The summed E-state index contributed by atoms with van der Waals surface area (Å²) in [4.78, 5) is 24.1. The Labute approximate surface area is 174 Å². The molecular weight excluding hydrogens is 380 g/mol. The summed E-state index contributed by atoms with van der Waals surface area (Å²) in [6.07, 6.45) is 1.76. The topological polar surface area (TPSA) is 61.8 Å². The molecule has 150 valence electrons. The van der Waals surface area contributed by atoms with Crippen molar-refractivity contribution in [2.45, 2.75) is 13.5 Å². The van der Waals surface area contributed by atoms with Crippen molar-refractivity contribution in [3.8, 4) is 11.5 Å². The lowest BCUT2D eigenvalue weighted by atomic mass is 10.1. The van der Waals surface area contributed by atoms with E-state index in [2.05, 4.69) is 0 Å². The zero-order valence-electron chi connectivity index (χ0n) is 16.7. The molecule has 5 heteroatoms. The Kier molecular flexibility index (Phi) is 5.35. The number of benzene rings is 3. The lowest BCUT2D eigenvalue weighted by molar-refractivity contribution is 0.0600. The largest absolute Gasteiger partial charge is 0.489 e. The second kappa shape index (κ2) is 8.25. The molecule has 0 spiro atoms. The van der Waals surface area contributed by atoms with E-state index >= 15 is 0 Å². The third-order valence-corrected chi connectivity index (χ3v) is 4.90. The van der Waals surface area contributed by atoms with E-state index < -0.39 is 0 Å². The minimum absolute atomic E-state index is 0.141. The van der Waals surface area contributed by atoms with Crippen LogP contribution in [0.15, 0.2) is 72.5 Å². The van der Waals surface area contributed by atoms with E-state index in [1.807, 2.05) is 43.3 Å². The van der Waals surface area contributed by atoms with Crippen molar-refractivity contribution >= 4 is 17.8 Å². The van der Waals surface area contributed by atoms with Gasteiger partial charge in [-0.1, -0.05) is 36.4 Å². The number of methoxy groups -OCH3 is 1. The van der Waals surface area contributed by atoms with Crippen LogP contribution in [0.25, 0.3) is 6.08 Å². The van der Waals surface area contributed by atoms with Crippen molar-refractivity contribution in [2.75, 3.05) is 7.11 Å². The number of carbonyl (C=O) groups excluding carboxylic acids is 2. The van der Waals surface area contributed by atoms with Gasteiger partial charge >= 0.3 is 5.97 Å². The first kappa shape index (κ1) is 19.5. The monoisotopic (exact) mass is 400 g/mol. The fourth-order valence-electron chi connectivity index (χ4n) is 3.17. The predicted octanol–water partition coefficient (Wildman–Crippen LogP) is 4.98. The minimum atomic E-state index is -0.377. The molecule has 1 aliphatic heterocycles. The van der Waals surface area contributed by atoms with Crippen LogP contribution in [0.5, 0.6) is 11.5 Å². The molecule has 0 amide bonds. The van der Waals surface area contributed by atoms with Gasteiger partial charge < -0.3 is 14.2 Å². The van der Waals surface area contributed by atoms with E-state index in [0.717, 1.165) is 16.7 Å². The van der Waals surface area contributed by atoms with E-state index in [1.165, 1.54) is 7.11 Å². The Bertz CT molecular complexity index is 1140. The van der Waals surface area contributed by atoms with Crippen molar-refractivity contribution in [2.24, 2.45) is 0 Å². The summed E-state index contributed by atoms with van der Waals surface area (Å²) >= 11 is 0. The van der Waals surface area contributed by atoms with E-state index in [1.54, 1.807) is 36.4 Å². The average molecular weight is 400 g/mol. The van der Waals surface area contributed by atoms with E-state index in [9.17, 15) is 9.59 Å². The summed E-state index contributed by atoms with van der Waals surface area (Å²) in [5.74, 6) is 0.861. The summed E-state index contributed by atoms with van der Waals surface area (Å²) in [5.41, 5.74) is 3.92. The molecule has 1 heterocycles. The van der Waals surface area contributed by atoms with Gasteiger partial charge in [0, 0.05) is 6.07 Å². The quantitative estimate of drug-likeness (QED) is 0.447. The zero-order chi connectivity index (χ0) is 21.1. The number of carbonyl (C=O) groups is 2. The lowest BCUT2D eigenvalue weighted by Gasteiger charge is -2.08. The maximum absolute atomic E-state index is 12.6. The second-order valence-corrected chi connectivity index (χ2v) is 6.93. The summed E-state index contributed by atoms with van der Waals surface area (Å²) < 4.78 is 16.3. The third-order valence-electron chi connectivity index (χ3n) is 4.90.